The van der Waals surface area contributed by atoms with Crippen LogP contribution in [0.25, 0.3) is 6.08 Å². The van der Waals surface area contributed by atoms with Crippen molar-refractivity contribution >= 4 is 57.0 Å². The Bertz CT molecular complexity index is 1150. The number of halogens is 2. The Morgan fingerprint density at radius 2 is 1.94 bits per heavy atom. The third-order valence-corrected chi connectivity index (χ3v) is 7.00. The fourth-order valence-electron chi connectivity index (χ4n) is 3.20. The predicted octanol–water partition coefficient (Wildman–Crippen LogP) is 6.84. The molecule has 1 aliphatic heterocycles. The van der Waals surface area contributed by atoms with Crippen LogP contribution in [0, 0.1) is 0 Å². The van der Waals surface area contributed by atoms with E-state index < -0.39 is 0 Å². The van der Waals surface area contributed by atoms with Crippen molar-refractivity contribution in [3.05, 3.63) is 97.8 Å². The fraction of sp³-hybridized carbons (Fsp3) is 0.160. The molecule has 2 N–H and O–H groups in total. The number of hydrogen-bond donors (Lipinski definition) is 2. The van der Waals surface area contributed by atoms with Crippen molar-refractivity contribution in [2.75, 3.05) is 5.32 Å². The van der Waals surface area contributed by atoms with Gasteiger partial charge in [0, 0.05) is 16.3 Å². The van der Waals surface area contributed by atoms with Gasteiger partial charge < -0.3 is 15.4 Å². The largest absolute Gasteiger partial charge is 0.488 e. The van der Waals surface area contributed by atoms with Crippen molar-refractivity contribution in [2.24, 2.45) is 0 Å². The average molecular weight is 530 g/mol. The van der Waals surface area contributed by atoms with Gasteiger partial charge in [-0.15, -0.1) is 0 Å². The molecule has 0 aromatic heterocycles. The molecule has 0 unspecified atom stereocenters. The molecule has 0 bridgehead atoms. The zero-order valence-electron chi connectivity index (χ0n) is 17.4. The number of aryl methyl sites for hydroxylation is 1. The van der Waals surface area contributed by atoms with Crippen LogP contribution in [0.2, 0.25) is 5.02 Å². The Labute approximate surface area is 205 Å². The van der Waals surface area contributed by atoms with E-state index in [2.05, 4.69) is 45.6 Å². The fourth-order valence-corrected chi connectivity index (χ4v) is 4.89. The number of benzene rings is 3. The summed E-state index contributed by atoms with van der Waals surface area (Å²) in [6.07, 6.45) is 2.88. The molecule has 1 fully saturated rings. The smallest absolute Gasteiger partial charge is 0.260 e. The number of rotatable bonds is 7. The third kappa shape index (κ3) is 5.68. The number of ether oxygens (including phenoxy) is 1. The predicted molar refractivity (Wildman–Crippen MR) is 137 cm³/mol. The number of nitrogens with one attached hydrogen (secondary N) is 2. The highest BCUT2D eigenvalue weighted by molar-refractivity contribution is 9.10. The molecule has 4 nitrogen and oxygen atoms in total. The van der Waals surface area contributed by atoms with Crippen molar-refractivity contribution < 1.29 is 9.53 Å². The van der Waals surface area contributed by atoms with E-state index in [1.165, 1.54) is 17.3 Å². The van der Waals surface area contributed by atoms with Gasteiger partial charge in [0.2, 0.25) is 0 Å². The van der Waals surface area contributed by atoms with Crippen LogP contribution in [-0.2, 0) is 17.8 Å². The Kier molecular flexibility index (Phi) is 7.45. The monoisotopic (exact) mass is 528 g/mol. The molecule has 164 valence electrons. The molecule has 3 aromatic carbocycles. The summed E-state index contributed by atoms with van der Waals surface area (Å²) < 4.78 is 6.72. The SMILES string of the molecule is CCc1ccc(N[C@H]2NC(=O)/C(=C/c3ccc(OCc4ccccc4Cl)c(Br)c3)S2)cc1. The van der Waals surface area contributed by atoms with E-state index >= 15 is 0 Å². The van der Waals surface area contributed by atoms with Gasteiger partial charge >= 0.3 is 0 Å². The Morgan fingerprint density at radius 3 is 2.66 bits per heavy atom. The first kappa shape index (κ1) is 22.8. The van der Waals surface area contributed by atoms with Crippen LogP contribution < -0.4 is 15.4 Å². The van der Waals surface area contributed by atoms with Crippen LogP contribution in [0.5, 0.6) is 5.75 Å². The molecule has 32 heavy (non-hydrogen) atoms. The van der Waals surface area contributed by atoms with Crippen molar-refractivity contribution in [3.8, 4) is 5.75 Å². The molecule has 1 saturated heterocycles. The standard InChI is InChI=1S/C25H22BrClN2O2S/c1-2-16-7-10-19(11-8-16)28-25-29-24(30)23(32-25)14-17-9-12-22(20(26)13-17)31-15-18-5-3-4-6-21(18)27/h3-14,25,28H,2,15H2,1H3,(H,29,30)/b23-14-/t25-/m0/s1. The average Bonchev–Trinajstić information content (AvgIpc) is 3.13. The molecule has 1 aliphatic rings. The van der Waals surface area contributed by atoms with Gasteiger partial charge in [0.1, 0.15) is 12.4 Å². The van der Waals surface area contributed by atoms with Crippen LogP contribution >= 0.6 is 39.3 Å². The maximum absolute atomic E-state index is 12.4. The lowest BCUT2D eigenvalue weighted by atomic mass is 10.1. The lowest BCUT2D eigenvalue weighted by Crippen LogP contribution is -2.30. The summed E-state index contributed by atoms with van der Waals surface area (Å²) in [7, 11) is 0. The Morgan fingerprint density at radius 1 is 1.16 bits per heavy atom. The molecule has 0 aliphatic carbocycles. The quantitative estimate of drug-likeness (QED) is 0.329. The number of carbonyl (C=O) groups is 1. The van der Waals surface area contributed by atoms with Gasteiger partial charge in [-0.25, -0.2) is 0 Å². The number of thioether (sulfide) groups is 1. The second-order valence-electron chi connectivity index (χ2n) is 7.24. The van der Waals surface area contributed by atoms with Crippen molar-refractivity contribution in [1.82, 2.24) is 5.32 Å². The highest BCUT2D eigenvalue weighted by Crippen LogP contribution is 2.33. The Hall–Kier alpha value is -2.41. The molecular weight excluding hydrogens is 508 g/mol. The van der Waals surface area contributed by atoms with E-state index in [0.29, 0.717) is 22.3 Å². The van der Waals surface area contributed by atoms with Crippen molar-refractivity contribution in [2.45, 2.75) is 25.4 Å². The first-order valence-electron chi connectivity index (χ1n) is 10.2. The van der Waals surface area contributed by atoms with Gasteiger partial charge in [-0.3, -0.25) is 4.79 Å². The maximum Gasteiger partial charge on any atom is 0.260 e. The minimum absolute atomic E-state index is 0.0900. The second kappa shape index (κ2) is 10.5. The van der Waals surface area contributed by atoms with Crippen molar-refractivity contribution in [1.29, 1.82) is 0 Å². The normalized spacial score (nSPS) is 16.8. The summed E-state index contributed by atoms with van der Waals surface area (Å²) in [6.45, 7) is 2.51. The molecule has 0 spiro atoms. The molecule has 3 aromatic rings. The van der Waals surface area contributed by atoms with Crippen LogP contribution in [0.3, 0.4) is 0 Å². The lowest BCUT2D eigenvalue weighted by molar-refractivity contribution is -0.116. The molecule has 7 heteroatoms. The lowest BCUT2D eigenvalue weighted by Gasteiger charge is -2.13. The summed E-state index contributed by atoms with van der Waals surface area (Å²) in [5, 5.41) is 6.99. The first-order valence-corrected chi connectivity index (χ1v) is 12.3. The third-order valence-electron chi connectivity index (χ3n) is 4.99. The summed E-state index contributed by atoms with van der Waals surface area (Å²) in [5.41, 5.74) is 3.89. The number of amides is 1. The molecule has 0 radical (unpaired) electrons. The highest BCUT2D eigenvalue weighted by Gasteiger charge is 2.27. The minimum atomic E-state index is -0.206. The van der Waals surface area contributed by atoms with E-state index in [0.717, 1.165) is 27.7 Å². The summed E-state index contributed by atoms with van der Waals surface area (Å²) >= 11 is 11.2. The molecule has 4 rings (SSSR count). The van der Waals surface area contributed by atoms with Gasteiger partial charge in [-0.2, -0.15) is 0 Å². The maximum atomic E-state index is 12.4. The molecule has 1 heterocycles. The first-order chi connectivity index (χ1) is 15.5. The summed E-state index contributed by atoms with van der Waals surface area (Å²) in [4.78, 5) is 13.1. The molecule has 1 atom stereocenters. The van der Waals surface area contributed by atoms with E-state index in [4.69, 9.17) is 16.3 Å². The van der Waals surface area contributed by atoms with Crippen LogP contribution in [0.4, 0.5) is 5.69 Å². The number of anilines is 1. The van der Waals surface area contributed by atoms with Crippen LogP contribution in [0.1, 0.15) is 23.6 Å². The van der Waals surface area contributed by atoms with E-state index in [1.54, 1.807) is 0 Å². The van der Waals surface area contributed by atoms with E-state index in [1.807, 2.05) is 60.7 Å². The summed E-state index contributed by atoms with van der Waals surface area (Å²) in [5.74, 6) is 0.624. The van der Waals surface area contributed by atoms with E-state index in [9.17, 15) is 4.79 Å². The highest BCUT2D eigenvalue weighted by atomic mass is 79.9. The molecule has 1 amide bonds. The minimum Gasteiger partial charge on any atom is -0.488 e. The second-order valence-corrected chi connectivity index (χ2v) is 9.65. The topological polar surface area (TPSA) is 50.4 Å². The molecule has 0 saturated carbocycles. The zero-order chi connectivity index (χ0) is 22.5. The van der Waals surface area contributed by atoms with E-state index in [-0.39, 0.29) is 11.4 Å². The number of carbonyl (C=O) groups excluding carboxylic acids is 1. The van der Waals surface area contributed by atoms with Gasteiger partial charge in [0.05, 0.1) is 9.38 Å². The molecular formula is C25H22BrClN2O2S. The summed E-state index contributed by atoms with van der Waals surface area (Å²) in [6, 6.07) is 21.6. The number of hydrogen-bond acceptors (Lipinski definition) is 4. The van der Waals surface area contributed by atoms with Gasteiger partial charge in [0.25, 0.3) is 5.91 Å². The van der Waals surface area contributed by atoms with Crippen LogP contribution in [-0.4, -0.2) is 11.4 Å². The van der Waals surface area contributed by atoms with Crippen molar-refractivity contribution in [3.63, 3.8) is 0 Å². The van der Waals surface area contributed by atoms with Gasteiger partial charge in [-0.05, 0) is 69.9 Å². The Balaban J connectivity index is 1.40. The zero-order valence-corrected chi connectivity index (χ0v) is 20.6. The van der Waals surface area contributed by atoms with Crippen LogP contribution in [0.15, 0.2) is 76.1 Å². The van der Waals surface area contributed by atoms with Gasteiger partial charge in [-0.1, -0.05) is 66.7 Å². The van der Waals surface area contributed by atoms with Gasteiger partial charge in [0.15, 0.2) is 5.50 Å².